The predicted octanol–water partition coefficient (Wildman–Crippen LogP) is -0.334. The maximum atomic E-state index is 11.3. The maximum absolute atomic E-state index is 11.3. The second kappa shape index (κ2) is 3.33. The summed E-state index contributed by atoms with van der Waals surface area (Å²) in [6, 6.07) is -0.316. The normalized spacial score (nSPS) is 17.9. The topological polar surface area (TPSA) is 75.4 Å². The third-order valence-electron chi connectivity index (χ3n) is 2.20. The standard InChI is InChI=1S/C8H15N3O2/c1-8(2,3-4-9)11-6(12)5-10-7(11)13/h3-5,9H2,1-2H3,(H,10,13). The highest BCUT2D eigenvalue weighted by atomic mass is 16.2. The van der Waals surface area contributed by atoms with Crippen molar-refractivity contribution >= 4 is 11.9 Å². The van der Waals surface area contributed by atoms with Crippen LogP contribution in [-0.4, -0.2) is 35.5 Å². The first kappa shape index (κ1) is 9.98. The van der Waals surface area contributed by atoms with E-state index in [-0.39, 0.29) is 18.5 Å². The molecule has 3 amide bonds. The van der Waals surface area contributed by atoms with Gasteiger partial charge in [0.25, 0.3) is 5.91 Å². The monoisotopic (exact) mass is 185 g/mol. The zero-order valence-corrected chi connectivity index (χ0v) is 7.96. The Morgan fingerprint density at radius 3 is 2.54 bits per heavy atom. The Balaban J connectivity index is 2.79. The Bertz CT molecular complexity index is 222. The molecule has 0 saturated carbocycles. The van der Waals surface area contributed by atoms with Crippen molar-refractivity contribution in [1.29, 1.82) is 0 Å². The van der Waals surface area contributed by atoms with Crippen LogP contribution in [0.15, 0.2) is 0 Å². The predicted molar refractivity (Wildman–Crippen MR) is 48.0 cm³/mol. The Kier molecular flexibility index (Phi) is 2.56. The summed E-state index contributed by atoms with van der Waals surface area (Å²) in [6.45, 7) is 4.24. The van der Waals surface area contributed by atoms with Crippen LogP contribution in [0.25, 0.3) is 0 Å². The average Bonchev–Trinajstić information content (AvgIpc) is 2.31. The van der Waals surface area contributed by atoms with E-state index in [2.05, 4.69) is 5.32 Å². The summed E-state index contributed by atoms with van der Waals surface area (Å²) in [5, 5.41) is 2.48. The highest BCUT2D eigenvalue weighted by Gasteiger charge is 2.39. The fraction of sp³-hybridized carbons (Fsp3) is 0.750. The third kappa shape index (κ3) is 1.80. The van der Waals surface area contributed by atoms with Crippen LogP contribution in [0.1, 0.15) is 20.3 Å². The molecule has 0 aliphatic carbocycles. The minimum Gasteiger partial charge on any atom is -0.330 e. The van der Waals surface area contributed by atoms with Crippen molar-refractivity contribution in [2.24, 2.45) is 5.73 Å². The molecule has 13 heavy (non-hydrogen) atoms. The number of nitrogens with zero attached hydrogens (tertiary/aromatic N) is 1. The average molecular weight is 185 g/mol. The highest BCUT2D eigenvalue weighted by molar-refractivity contribution is 6.02. The van der Waals surface area contributed by atoms with Gasteiger partial charge in [0, 0.05) is 5.54 Å². The second-order valence-corrected chi connectivity index (χ2v) is 3.74. The second-order valence-electron chi connectivity index (χ2n) is 3.74. The van der Waals surface area contributed by atoms with Crippen LogP contribution >= 0.6 is 0 Å². The molecule has 0 unspecified atom stereocenters. The van der Waals surface area contributed by atoms with Crippen molar-refractivity contribution in [1.82, 2.24) is 10.2 Å². The summed E-state index contributed by atoms with van der Waals surface area (Å²) >= 11 is 0. The molecule has 74 valence electrons. The molecule has 0 radical (unpaired) electrons. The Hall–Kier alpha value is -1.10. The van der Waals surface area contributed by atoms with Gasteiger partial charge in [0.15, 0.2) is 0 Å². The van der Waals surface area contributed by atoms with Gasteiger partial charge in [0.1, 0.15) is 0 Å². The molecule has 3 N–H and O–H groups in total. The van der Waals surface area contributed by atoms with E-state index in [1.54, 1.807) is 0 Å². The van der Waals surface area contributed by atoms with E-state index in [4.69, 9.17) is 5.73 Å². The minimum absolute atomic E-state index is 0.104. The van der Waals surface area contributed by atoms with Crippen molar-refractivity contribution in [3.63, 3.8) is 0 Å². The first-order valence-corrected chi connectivity index (χ1v) is 4.30. The molecule has 0 spiro atoms. The van der Waals surface area contributed by atoms with Gasteiger partial charge in [0.2, 0.25) is 0 Å². The van der Waals surface area contributed by atoms with Gasteiger partial charge in [0.05, 0.1) is 6.54 Å². The Morgan fingerprint density at radius 1 is 1.54 bits per heavy atom. The first-order valence-electron chi connectivity index (χ1n) is 4.30. The molecule has 0 bridgehead atoms. The molecule has 0 aromatic heterocycles. The summed E-state index contributed by atoms with van der Waals surface area (Å²) in [5.74, 6) is -0.177. The number of hydrogen-bond donors (Lipinski definition) is 2. The number of carbonyl (C=O) groups is 2. The quantitative estimate of drug-likeness (QED) is 0.591. The van der Waals surface area contributed by atoms with E-state index in [0.717, 1.165) is 0 Å². The van der Waals surface area contributed by atoms with Crippen LogP contribution in [0.3, 0.4) is 0 Å². The molecule has 0 aromatic carbocycles. The number of carbonyl (C=O) groups excluding carboxylic acids is 2. The Morgan fingerprint density at radius 2 is 2.15 bits per heavy atom. The molecule has 1 aliphatic heterocycles. The van der Waals surface area contributed by atoms with E-state index in [1.165, 1.54) is 4.90 Å². The fourth-order valence-electron chi connectivity index (χ4n) is 1.50. The van der Waals surface area contributed by atoms with Crippen molar-refractivity contribution in [2.75, 3.05) is 13.1 Å². The van der Waals surface area contributed by atoms with Gasteiger partial charge >= 0.3 is 6.03 Å². The van der Waals surface area contributed by atoms with Gasteiger partial charge in [-0.25, -0.2) is 4.79 Å². The highest BCUT2D eigenvalue weighted by Crippen LogP contribution is 2.20. The van der Waals surface area contributed by atoms with Crippen LogP contribution in [-0.2, 0) is 4.79 Å². The van der Waals surface area contributed by atoms with Crippen LogP contribution in [0.2, 0.25) is 0 Å². The lowest BCUT2D eigenvalue weighted by Gasteiger charge is -2.32. The van der Waals surface area contributed by atoms with Gasteiger partial charge in [-0.1, -0.05) is 0 Å². The van der Waals surface area contributed by atoms with Crippen LogP contribution in [0.5, 0.6) is 0 Å². The van der Waals surface area contributed by atoms with Crippen LogP contribution in [0, 0.1) is 0 Å². The summed E-state index contributed by atoms with van der Waals surface area (Å²) in [7, 11) is 0. The molecule has 1 fully saturated rings. The first-order chi connectivity index (χ1) is 5.99. The van der Waals surface area contributed by atoms with Gasteiger partial charge in [-0.2, -0.15) is 0 Å². The Labute approximate surface area is 77.3 Å². The number of nitrogens with two attached hydrogens (primary N) is 1. The lowest BCUT2D eigenvalue weighted by molar-refractivity contribution is -0.128. The molecule has 5 nitrogen and oxygen atoms in total. The number of rotatable bonds is 3. The molecule has 1 rings (SSSR count). The minimum atomic E-state index is -0.480. The van der Waals surface area contributed by atoms with Crippen LogP contribution in [0.4, 0.5) is 4.79 Å². The zero-order chi connectivity index (χ0) is 10.1. The smallest absolute Gasteiger partial charge is 0.325 e. The zero-order valence-electron chi connectivity index (χ0n) is 7.96. The van der Waals surface area contributed by atoms with E-state index in [1.807, 2.05) is 13.8 Å². The summed E-state index contributed by atoms with van der Waals surface area (Å²) in [4.78, 5) is 23.8. The fourth-order valence-corrected chi connectivity index (χ4v) is 1.50. The number of nitrogens with one attached hydrogen (secondary N) is 1. The van der Waals surface area contributed by atoms with Crippen molar-refractivity contribution < 1.29 is 9.59 Å². The molecule has 1 heterocycles. The molecule has 1 aliphatic rings. The molecular formula is C8H15N3O2. The van der Waals surface area contributed by atoms with Gasteiger partial charge in [-0.05, 0) is 26.8 Å². The SMILES string of the molecule is CC(C)(CCN)N1C(=O)CNC1=O. The lowest BCUT2D eigenvalue weighted by atomic mass is 9.99. The molecule has 0 atom stereocenters. The van der Waals surface area contributed by atoms with E-state index < -0.39 is 5.54 Å². The number of hydrogen-bond acceptors (Lipinski definition) is 3. The van der Waals surface area contributed by atoms with Crippen molar-refractivity contribution in [3.05, 3.63) is 0 Å². The van der Waals surface area contributed by atoms with Crippen molar-refractivity contribution in [2.45, 2.75) is 25.8 Å². The molecular weight excluding hydrogens is 170 g/mol. The van der Waals surface area contributed by atoms with Gasteiger partial charge < -0.3 is 11.1 Å². The number of urea groups is 1. The lowest BCUT2D eigenvalue weighted by Crippen LogP contribution is -2.49. The van der Waals surface area contributed by atoms with E-state index in [0.29, 0.717) is 13.0 Å². The summed E-state index contributed by atoms with van der Waals surface area (Å²) in [5.41, 5.74) is 4.92. The van der Waals surface area contributed by atoms with Gasteiger partial charge in [-0.15, -0.1) is 0 Å². The molecule has 0 aromatic rings. The van der Waals surface area contributed by atoms with E-state index >= 15 is 0 Å². The number of imide groups is 1. The summed E-state index contributed by atoms with van der Waals surface area (Å²) in [6.07, 6.45) is 0.617. The number of amides is 3. The third-order valence-corrected chi connectivity index (χ3v) is 2.20. The van der Waals surface area contributed by atoms with E-state index in [9.17, 15) is 9.59 Å². The summed E-state index contributed by atoms with van der Waals surface area (Å²) < 4.78 is 0. The molecule has 5 heteroatoms. The van der Waals surface area contributed by atoms with Crippen molar-refractivity contribution in [3.8, 4) is 0 Å². The van der Waals surface area contributed by atoms with Gasteiger partial charge in [-0.3, -0.25) is 9.69 Å². The maximum Gasteiger partial charge on any atom is 0.325 e. The largest absolute Gasteiger partial charge is 0.330 e. The van der Waals surface area contributed by atoms with Crippen LogP contribution < -0.4 is 11.1 Å². The molecule has 1 saturated heterocycles.